The maximum absolute atomic E-state index is 8.25. The Labute approximate surface area is 145 Å². The molecule has 0 aromatic heterocycles. The van der Waals surface area contributed by atoms with Crippen LogP contribution in [0.15, 0.2) is 0 Å². The molecule has 0 aromatic carbocycles. The minimum Gasteiger partial charge on any atom is -1.00 e. The zero-order valence-electron chi connectivity index (χ0n) is 5.54. The van der Waals surface area contributed by atoms with Crippen molar-refractivity contribution in [2.24, 2.45) is 0 Å². The SMILES string of the molecule is CNC(C)O.[I-].[I-].[I-].[I-].[Ti+4]. The molecule has 0 aliphatic heterocycles. The molecule has 0 aliphatic carbocycles. The summed E-state index contributed by atoms with van der Waals surface area (Å²) in [6.07, 6.45) is -0.366. The van der Waals surface area contributed by atoms with Crippen molar-refractivity contribution in [3.8, 4) is 0 Å². The van der Waals surface area contributed by atoms with Gasteiger partial charge in [0.25, 0.3) is 0 Å². The van der Waals surface area contributed by atoms with Gasteiger partial charge in [0.2, 0.25) is 0 Å². The number of rotatable bonds is 1. The van der Waals surface area contributed by atoms with E-state index in [2.05, 4.69) is 5.32 Å². The fraction of sp³-hybridized carbons (Fsp3) is 1.00. The number of hydrogen-bond acceptors (Lipinski definition) is 2. The Bertz CT molecular complexity index is 34.5. The van der Waals surface area contributed by atoms with Crippen molar-refractivity contribution in [2.45, 2.75) is 13.2 Å². The third-order valence-corrected chi connectivity index (χ3v) is 0.418. The van der Waals surface area contributed by atoms with Gasteiger partial charge in [0.15, 0.2) is 0 Å². The molecule has 0 rings (SSSR count). The fourth-order valence-electron chi connectivity index (χ4n) is 0. The molecule has 0 radical (unpaired) electrons. The molecule has 0 saturated heterocycles. The summed E-state index contributed by atoms with van der Waals surface area (Å²) >= 11 is 0. The topological polar surface area (TPSA) is 32.3 Å². The Morgan fingerprint density at radius 3 is 1.20 bits per heavy atom. The van der Waals surface area contributed by atoms with Crippen LogP contribution < -0.4 is 101 Å². The van der Waals surface area contributed by atoms with Crippen LogP contribution in [0, 0.1) is 0 Å². The Balaban J connectivity index is -0.00000000800. The second-order valence-electron chi connectivity index (χ2n) is 0.965. The number of aliphatic hydroxyl groups is 1. The van der Waals surface area contributed by atoms with E-state index in [4.69, 9.17) is 5.11 Å². The summed E-state index contributed by atoms with van der Waals surface area (Å²) in [5, 5.41) is 10.8. The Morgan fingerprint density at radius 2 is 1.20 bits per heavy atom. The van der Waals surface area contributed by atoms with E-state index in [1.807, 2.05) is 0 Å². The molecule has 1 atom stereocenters. The molecule has 2 N–H and O–H groups in total. The first kappa shape index (κ1) is 37.4. The van der Waals surface area contributed by atoms with Gasteiger partial charge in [-0.25, -0.2) is 0 Å². The van der Waals surface area contributed by atoms with Crippen LogP contribution in [-0.2, 0) is 21.7 Å². The first-order valence-corrected chi connectivity index (χ1v) is 1.62. The summed E-state index contributed by atoms with van der Waals surface area (Å²) in [6.45, 7) is 1.67. The van der Waals surface area contributed by atoms with E-state index in [1.54, 1.807) is 14.0 Å². The second kappa shape index (κ2) is 29.4. The van der Waals surface area contributed by atoms with Gasteiger partial charge in [-0.1, -0.05) is 0 Å². The molecule has 0 spiro atoms. The molecule has 7 heteroatoms. The van der Waals surface area contributed by atoms with E-state index in [-0.39, 0.29) is 124 Å². The van der Waals surface area contributed by atoms with Crippen LogP contribution in [0.25, 0.3) is 0 Å². The van der Waals surface area contributed by atoms with Crippen LogP contribution in [0.5, 0.6) is 0 Å². The van der Waals surface area contributed by atoms with E-state index < -0.39 is 0 Å². The predicted molar refractivity (Wildman–Crippen MR) is 20.7 cm³/mol. The molecule has 2 nitrogen and oxygen atoms in total. The van der Waals surface area contributed by atoms with Gasteiger partial charge >= 0.3 is 21.7 Å². The molecule has 64 valence electrons. The van der Waals surface area contributed by atoms with Gasteiger partial charge in [-0.05, 0) is 14.0 Å². The van der Waals surface area contributed by atoms with Gasteiger partial charge in [0.05, 0.1) is 0 Å². The van der Waals surface area contributed by atoms with Gasteiger partial charge in [0, 0.05) is 0 Å². The molecule has 10 heavy (non-hydrogen) atoms. The molecule has 0 heterocycles. The number of halogens is 4. The first-order chi connectivity index (χ1) is 2.27. The summed E-state index contributed by atoms with van der Waals surface area (Å²) in [5.41, 5.74) is 0. The van der Waals surface area contributed by atoms with E-state index in [0.29, 0.717) is 0 Å². The van der Waals surface area contributed by atoms with Crippen LogP contribution in [0.2, 0.25) is 0 Å². The summed E-state index contributed by atoms with van der Waals surface area (Å²) in [4.78, 5) is 0. The molecule has 0 bridgehead atoms. The summed E-state index contributed by atoms with van der Waals surface area (Å²) in [5.74, 6) is 0. The van der Waals surface area contributed by atoms with E-state index >= 15 is 0 Å². The minimum absolute atomic E-state index is 0. The molecule has 0 saturated carbocycles. The zero-order chi connectivity index (χ0) is 4.28. The largest absolute Gasteiger partial charge is 4.00 e. The number of nitrogens with one attached hydrogen (secondary N) is 1. The van der Waals surface area contributed by atoms with Gasteiger partial charge in [-0.3, -0.25) is 5.32 Å². The Morgan fingerprint density at radius 1 is 1.10 bits per heavy atom. The number of hydrogen-bond donors (Lipinski definition) is 2. The third kappa shape index (κ3) is 41.7. The summed E-state index contributed by atoms with van der Waals surface area (Å²) in [7, 11) is 1.70. The quantitative estimate of drug-likeness (QED) is 0.172. The normalized spacial score (nSPS) is 7.50. The fourth-order valence-corrected chi connectivity index (χ4v) is 0. The van der Waals surface area contributed by atoms with E-state index in [0.717, 1.165) is 0 Å². The minimum atomic E-state index is -0.366. The Kier molecular flexibility index (Phi) is 110. The van der Waals surface area contributed by atoms with Crippen LogP contribution in [-0.4, -0.2) is 18.4 Å². The van der Waals surface area contributed by atoms with Crippen molar-refractivity contribution in [1.29, 1.82) is 0 Å². The van der Waals surface area contributed by atoms with Crippen molar-refractivity contribution in [2.75, 3.05) is 7.05 Å². The van der Waals surface area contributed by atoms with Gasteiger partial charge in [-0.15, -0.1) is 0 Å². The molecule has 0 aromatic rings. The van der Waals surface area contributed by atoms with Crippen LogP contribution in [0.3, 0.4) is 0 Å². The number of aliphatic hydroxyl groups excluding tert-OH is 1. The van der Waals surface area contributed by atoms with Crippen molar-refractivity contribution in [3.05, 3.63) is 0 Å². The maximum Gasteiger partial charge on any atom is 4.00 e. The van der Waals surface area contributed by atoms with Crippen LogP contribution in [0.1, 0.15) is 6.92 Å². The molecule has 0 aliphatic rings. The predicted octanol–water partition coefficient (Wildman–Crippen LogP) is -12.4. The van der Waals surface area contributed by atoms with Crippen LogP contribution in [0.4, 0.5) is 0 Å². The van der Waals surface area contributed by atoms with E-state index in [1.165, 1.54) is 0 Å². The first-order valence-electron chi connectivity index (χ1n) is 1.62. The molecule has 1 unspecified atom stereocenters. The van der Waals surface area contributed by atoms with Gasteiger partial charge in [-0.2, -0.15) is 0 Å². The smallest absolute Gasteiger partial charge is 1.00 e. The average Bonchev–Trinajstić information content (AvgIpc) is 1.38. The van der Waals surface area contributed by atoms with Crippen molar-refractivity contribution < 1.29 is 123 Å². The third-order valence-electron chi connectivity index (χ3n) is 0.418. The molecule has 0 amide bonds. The molecule has 0 fully saturated rings. The maximum atomic E-state index is 8.25. The Hall–Kier alpha value is 3.55. The van der Waals surface area contributed by atoms with Crippen molar-refractivity contribution in [3.63, 3.8) is 0 Å². The van der Waals surface area contributed by atoms with Gasteiger partial charge < -0.3 is 101 Å². The molecular formula is C3H9I4NOTi. The van der Waals surface area contributed by atoms with Gasteiger partial charge in [0.1, 0.15) is 6.23 Å². The van der Waals surface area contributed by atoms with Crippen LogP contribution >= 0.6 is 0 Å². The monoisotopic (exact) mass is 631 g/mol. The van der Waals surface area contributed by atoms with Crippen molar-refractivity contribution in [1.82, 2.24) is 5.32 Å². The summed E-state index contributed by atoms with van der Waals surface area (Å²) < 4.78 is 0. The zero-order valence-corrected chi connectivity index (χ0v) is 15.7. The average molecular weight is 631 g/mol. The second-order valence-corrected chi connectivity index (χ2v) is 0.965. The molecular weight excluding hydrogens is 622 g/mol. The van der Waals surface area contributed by atoms with E-state index in [9.17, 15) is 0 Å². The van der Waals surface area contributed by atoms with Crippen molar-refractivity contribution >= 4 is 0 Å². The summed E-state index contributed by atoms with van der Waals surface area (Å²) in [6, 6.07) is 0. The standard InChI is InChI=1S/C3H9NO.4HI.Ti/c1-3(5)4-2;;;;;/h3-5H,1-2H3;4*1H;/q;;;;;+4/p-4.